The maximum atomic E-state index is 12.4. The van der Waals surface area contributed by atoms with Crippen LogP contribution in [0.3, 0.4) is 0 Å². The summed E-state index contributed by atoms with van der Waals surface area (Å²) >= 11 is 0. The van der Waals surface area contributed by atoms with E-state index in [-0.39, 0.29) is 18.5 Å². The fourth-order valence-corrected chi connectivity index (χ4v) is 5.26. The summed E-state index contributed by atoms with van der Waals surface area (Å²) in [6.45, 7) is 0.707. The van der Waals surface area contributed by atoms with Gasteiger partial charge in [-0.25, -0.2) is 4.79 Å². The van der Waals surface area contributed by atoms with Crippen LogP contribution in [0.15, 0.2) is 0 Å². The van der Waals surface area contributed by atoms with E-state index < -0.39 is 5.97 Å². The molecule has 3 aliphatic carbocycles. The summed E-state index contributed by atoms with van der Waals surface area (Å²) in [7, 11) is 0. The number of likely N-dealkylation sites (tertiary alicyclic amines) is 1. The second-order valence-electron chi connectivity index (χ2n) is 7.05. The third-order valence-corrected chi connectivity index (χ3v) is 6.07. The van der Waals surface area contributed by atoms with Gasteiger partial charge in [-0.05, 0) is 55.8 Å². The van der Waals surface area contributed by atoms with E-state index in [2.05, 4.69) is 5.32 Å². The van der Waals surface area contributed by atoms with Crippen LogP contribution in [0.2, 0.25) is 0 Å². The number of nitrogens with zero attached hydrogens (tertiary/aromatic N) is 1. The average molecular weight is 278 g/mol. The van der Waals surface area contributed by atoms with Crippen LogP contribution in [-0.2, 0) is 4.79 Å². The normalized spacial score (nSPS) is 44.5. The Morgan fingerprint density at radius 1 is 1.15 bits per heavy atom. The van der Waals surface area contributed by atoms with Crippen LogP contribution in [0.25, 0.3) is 0 Å². The molecule has 0 spiro atoms. The molecule has 5 nitrogen and oxygen atoms in total. The van der Waals surface area contributed by atoms with E-state index in [4.69, 9.17) is 5.11 Å². The maximum Gasteiger partial charge on any atom is 0.317 e. The molecule has 2 bridgehead atoms. The van der Waals surface area contributed by atoms with Gasteiger partial charge in [0.2, 0.25) is 0 Å². The highest BCUT2D eigenvalue weighted by Crippen LogP contribution is 2.65. The quantitative estimate of drug-likeness (QED) is 0.825. The van der Waals surface area contributed by atoms with Crippen molar-refractivity contribution in [2.45, 2.75) is 50.6 Å². The van der Waals surface area contributed by atoms with Crippen LogP contribution < -0.4 is 5.32 Å². The lowest BCUT2D eigenvalue weighted by Crippen LogP contribution is -2.45. The lowest BCUT2D eigenvalue weighted by Gasteiger charge is -2.24. The second kappa shape index (κ2) is 4.37. The number of carbonyl (C=O) groups is 2. The summed E-state index contributed by atoms with van der Waals surface area (Å²) in [5.41, 5.74) is 0. The van der Waals surface area contributed by atoms with Crippen molar-refractivity contribution in [3.63, 3.8) is 0 Å². The molecule has 5 unspecified atom stereocenters. The molecule has 0 aromatic rings. The highest BCUT2D eigenvalue weighted by Gasteiger charge is 2.65. The molecule has 2 amide bonds. The molecule has 1 aliphatic heterocycles. The molecule has 1 saturated heterocycles. The van der Waals surface area contributed by atoms with Gasteiger partial charge in [-0.1, -0.05) is 0 Å². The fraction of sp³-hybridized carbons (Fsp3) is 0.867. The van der Waals surface area contributed by atoms with Crippen molar-refractivity contribution in [3.05, 3.63) is 0 Å². The van der Waals surface area contributed by atoms with Crippen molar-refractivity contribution in [3.8, 4) is 0 Å². The van der Waals surface area contributed by atoms with Gasteiger partial charge in [0.15, 0.2) is 0 Å². The largest absolute Gasteiger partial charge is 0.481 e. The van der Waals surface area contributed by atoms with Crippen LogP contribution in [0.1, 0.15) is 38.5 Å². The molecule has 4 rings (SSSR count). The van der Waals surface area contributed by atoms with E-state index in [0.29, 0.717) is 12.6 Å². The van der Waals surface area contributed by atoms with Gasteiger partial charge in [0.25, 0.3) is 0 Å². The predicted molar refractivity (Wildman–Crippen MR) is 72.1 cm³/mol. The zero-order valence-electron chi connectivity index (χ0n) is 11.6. The summed E-state index contributed by atoms with van der Waals surface area (Å²) in [4.78, 5) is 25.0. The highest BCUT2D eigenvalue weighted by molar-refractivity contribution is 5.77. The zero-order valence-corrected chi connectivity index (χ0v) is 11.6. The van der Waals surface area contributed by atoms with Gasteiger partial charge in [0.05, 0.1) is 6.42 Å². The SMILES string of the molecule is O=C(O)CC1CCCN1C(=O)NC1C2C3CCC(C3)C12. The van der Waals surface area contributed by atoms with Crippen LogP contribution in [-0.4, -0.2) is 40.6 Å². The first-order chi connectivity index (χ1) is 9.65. The molecule has 0 radical (unpaired) electrons. The number of aliphatic carboxylic acids is 1. The Bertz CT molecular complexity index is 436. The maximum absolute atomic E-state index is 12.4. The first kappa shape index (κ1) is 12.5. The van der Waals surface area contributed by atoms with E-state index in [1.807, 2.05) is 0 Å². The first-order valence-corrected chi connectivity index (χ1v) is 7.94. The smallest absolute Gasteiger partial charge is 0.317 e. The zero-order chi connectivity index (χ0) is 13.9. The minimum Gasteiger partial charge on any atom is -0.481 e. The average Bonchev–Trinajstić information content (AvgIpc) is 2.82. The highest BCUT2D eigenvalue weighted by atomic mass is 16.4. The van der Waals surface area contributed by atoms with Gasteiger partial charge < -0.3 is 15.3 Å². The lowest BCUT2D eigenvalue weighted by molar-refractivity contribution is -0.137. The molecule has 110 valence electrons. The van der Waals surface area contributed by atoms with E-state index in [1.54, 1.807) is 4.90 Å². The van der Waals surface area contributed by atoms with E-state index in [1.165, 1.54) is 19.3 Å². The Labute approximate surface area is 118 Å². The number of carbonyl (C=O) groups excluding carboxylic acids is 1. The van der Waals surface area contributed by atoms with Crippen molar-refractivity contribution >= 4 is 12.0 Å². The van der Waals surface area contributed by atoms with Gasteiger partial charge in [-0.15, -0.1) is 0 Å². The second-order valence-corrected chi connectivity index (χ2v) is 7.05. The Morgan fingerprint density at radius 3 is 2.50 bits per heavy atom. The van der Waals surface area contributed by atoms with Crippen LogP contribution in [0, 0.1) is 23.7 Å². The van der Waals surface area contributed by atoms with Gasteiger partial charge >= 0.3 is 12.0 Å². The number of carboxylic acids is 1. The number of hydrogen-bond donors (Lipinski definition) is 2. The fourth-order valence-electron chi connectivity index (χ4n) is 5.26. The Balaban J connectivity index is 1.36. The summed E-state index contributed by atoms with van der Waals surface area (Å²) < 4.78 is 0. The Morgan fingerprint density at radius 2 is 1.85 bits per heavy atom. The number of rotatable bonds is 3. The number of hydrogen-bond acceptors (Lipinski definition) is 2. The molecule has 2 N–H and O–H groups in total. The predicted octanol–water partition coefficient (Wildman–Crippen LogP) is 1.68. The van der Waals surface area contributed by atoms with E-state index in [9.17, 15) is 9.59 Å². The number of nitrogens with one attached hydrogen (secondary N) is 1. The third-order valence-electron chi connectivity index (χ3n) is 6.07. The van der Waals surface area contributed by atoms with Crippen molar-refractivity contribution < 1.29 is 14.7 Å². The summed E-state index contributed by atoms with van der Waals surface area (Å²) in [5, 5.41) is 12.1. The lowest BCUT2D eigenvalue weighted by atomic mass is 10.0. The minimum absolute atomic E-state index is 0.0208. The molecule has 1 heterocycles. The minimum atomic E-state index is -0.809. The van der Waals surface area contributed by atoms with Crippen LogP contribution in [0.4, 0.5) is 4.79 Å². The monoisotopic (exact) mass is 278 g/mol. The van der Waals surface area contributed by atoms with Gasteiger partial charge in [0, 0.05) is 18.6 Å². The molecule has 4 aliphatic rings. The molecule has 0 aromatic carbocycles. The molecule has 5 atom stereocenters. The molecule has 5 heteroatoms. The molecular formula is C15H22N2O3. The summed E-state index contributed by atoms with van der Waals surface area (Å²) in [6.07, 6.45) is 5.91. The summed E-state index contributed by atoms with van der Waals surface area (Å²) in [5.74, 6) is 2.36. The number of fused-ring (bicyclic) bond motifs is 5. The molecular weight excluding hydrogens is 256 g/mol. The van der Waals surface area contributed by atoms with Gasteiger partial charge in [-0.2, -0.15) is 0 Å². The van der Waals surface area contributed by atoms with E-state index >= 15 is 0 Å². The van der Waals surface area contributed by atoms with Crippen LogP contribution in [0.5, 0.6) is 0 Å². The van der Waals surface area contributed by atoms with Crippen molar-refractivity contribution in [2.75, 3.05) is 6.54 Å². The van der Waals surface area contributed by atoms with Crippen molar-refractivity contribution in [2.24, 2.45) is 23.7 Å². The standard InChI is InChI=1S/C15H22N2O3/c18-11(19)7-10-2-1-5-17(10)15(20)16-14-12-8-3-4-9(6-8)13(12)14/h8-10,12-14H,1-7H2,(H,16,20)(H,18,19). The molecule has 0 aromatic heterocycles. The van der Waals surface area contributed by atoms with Crippen molar-refractivity contribution in [1.82, 2.24) is 10.2 Å². The van der Waals surface area contributed by atoms with Crippen molar-refractivity contribution in [1.29, 1.82) is 0 Å². The van der Waals surface area contributed by atoms with Crippen LogP contribution >= 0.6 is 0 Å². The number of amides is 2. The molecule has 3 saturated carbocycles. The van der Waals surface area contributed by atoms with E-state index in [0.717, 1.165) is 36.5 Å². The Kier molecular flexibility index (Phi) is 2.72. The Hall–Kier alpha value is -1.26. The topological polar surface area (TPSA) is 69.6 Å². The number of urea groups is 1. The van der Waals surface area contributed by atoms with Gasteiger partial charge in [0.1, 0.15) is 0 Å². The summed E-state index contributed by atoms with van der Waals surface area (Å²) in [6, 6.07) is 0.259. The first-order valence-electron chi connectivity index (χ1n) is 7.94. The molecule has 20 heavy (non-hydrogen) atoms. The number of carboxylic acid groups (broad SMARTS) is 1. The van der Waals surface area contributed by atoms with Gasteiger partial charge in [-0.3, -0.25) is 4.79 Å². The third kappa shape index (κ3) is 1.82. The molecule has 4 fully saturated rings.